The van der Waals surface area contributed by atoms with E-state index in [9.17, 15) is 0 Å². The SMILES string of the molecule is Nc1nc2cc(Br)cnc2n1CCN1CCSCC1. The van der Waals surface area contributed by atoms with Crippen molar-refractivity contribution in [1.82, 2.24) is 19.4 Å². The highest BCUT2D eigenvalue weighted by Gasteiger charge is 2.13. The lowest BCUT2D eigenvalue weighted by Crippen LogP contribution is -2.35. The summed E-state index contributed by atoms with van der Waals surface area (Å²) in [4.78, 5) is 11.3. The van der Waals surface area contributed by atoms with Crippen molar-refractivity contribution < 1.29 is 0 Å². The Morgan fingerprint density at radius 2 is 2.11 bits per heavy atom. The van der Waals surface area contributed by atoms with Gasteiger partial charge < -0.3 is 5.73 Å². The second-order valence-electron chi connectivity index (χ2n) is 4.57. The summed E-state index contributed by atoms with van der Waals surface area (Å²) in [6.07, 6.45) is 1.79. The Morgan fingerprint density at radius 1 is 1.32 bits per heavy atom. The van der Waals surface area contributed by atoms with Crippen molar-refractivity contribution in [1.29, 1.82) is 0 Å². The molecule has 0 saturated carbocycles. The average Bonchev–Trinajstić information content (AvgIpc) is 2.72. The normalized spacial score (nSPS) is 17.1. The summed E-state index contributed by atoms with van der Waals surface area (Å²) in [6.45, 7) is 4.18. The summed E-state index contributed by atoms with van der Waals surface area (Å²) in [5.41, 5.74) is 7.71. The van der Waals surface area contributed by atoms with Crippen LogP contribution in [0.2, 0.25) is 0 Å². The van der Waals surface area contributed by atoms with Crippen LogP contribution in [-0.4, -0.2) is 50.6 Å². The molecular weight excluding hydrogens is 326 g/mol. The van der Waals surface area contributed by atoms with Crippen molar-refractivity contribution in [3.8, 4) is 0 Å². The van der Waals surface area contributed by atoms with Gasteiger partial charge in [0, 0.05) is 48.4 Å². The predicted molar refractivity (Wildman–Crippen MR) is 83.4 cm³/mol. The van der Waals surface area contributed by atoms with Gasteiger partial charge in [-0.2, -0.15) is 11.8 Å². The second-order valence-corrected chi connectivity index (χ2v) is 6.71. The smallest absolute Gasteiger partial charge is 0.202 e. The Hall–Kier alpha value is -0.790. The number of halogens is 1. The molecule has 7 heteroatoms. The van der Waals surface area contributed by atoms with Gasteiger partial charge in [-0.25, -0.2) is 9.97 Å². The van der Waals surface area contributed by atoms with Crippen molar-refractivity contribution in [2.24, 2.45) is 0 Å². The monoisotopic (exact) mass is 341 g/mol. The molecule has 102 valence electrons. The molecule has 0 amide bonds. The fourth-order valence-corrected chi connectivity index (χ4v) is 3.59. The quantitative estimate of drug-likeness (QED) is 0.922. The first kappa shape index (κ1) is 13.2. The highest BCUT2D eigenvalue weighted by atomic mass is 79.9. The van der Waals surface area contributed by atoms with Gasteiger partial charge in [-0.1, -0.05) is 0 Å². The van der Waals surface area contributed by atoms with Crippen LogP contribution in [0.3, 0.4) is 0 Å². The molecule has 1 aliphatic rings. The summed E-state index contributed by atoms with van der Waals surface area (Å²) in [5.74, 6) is 3.00. The maximum absolute atomic E-state index is 5.99. The molecule has 1 saturated heterocycles. The van der Waals surface area contributed by atoms with E-state index < -0.39 is 0 Å². The number of thioether (sulfide) groups is 1. The zero-order valence-corrected chi connectivity index (χ0v) is 13.0. The summed E-state index contributed by atoms with van der Waals surface area (Å²) < 4.78 is 2.93. The van der Waals surface area contributed by atoms with Gasteiger partial charge in [-0.15, -0.1) is 0 Å². The first-order chi connectivity index (χ1) is 9.24. The van der Waals surface area contributed by atoms with E-state index in [1.54, 1.807) is 6.20 Å². The number of rotatable bonds is 3. The van der Waals surface area contributed by atoms with E-state index in [1.807, 2.05) is 22.4 Å². The van der Waals surface area contributed by atoms with E-state index in [2.05, 4.69) is 30.8 Å². The minimum atomic E-state index is 0.548. The summed E-state index contributed by atoms with van der Waals surface area (Å²) >= 11 is 5.43. The van der Waals surface area contributed by atoms with Crippen LogP contribution in [0, 0.1) is 0 Å². The van der Waals surface area contributed by atoms with Crippen molar-refractivity contribution >= 4 is 44.8 Å². The Kier molecular flexibility index (Phi) is 3.95. The van der Waals surface area contributed by atoms with Crippen LogP contribution < -0.4 is 5.73 Å². The van der Waals surface area contributed by atoms with E-state index in [-0.39, 0.29) is 0 Å². The van der Waals surface area contributed by atoms with Gasteiger partial charge in [0.15, 0.2) is 5.65 Å². The van der Waals surface area contributed by atoms with E-state index in [1.165, 1.54) is 11.5 Å². The van der Waals surface area contributed by atoms with Crippen LogP contribution in [0.1, 0.15) is 0 Å². The van der Waals surface area contributed by atoms with Crippen LogP contribution in [0.15, 0.2) is 16.7 Å². The number of fused-ring (bicyclic) bond motifs is 1. The van der Waals surface area contributed by atoms with E-state index in [4.69, 9.17) is 5.73 Å². The molecule has 0 radical (unpaired) electrons. The van der Waals surface area contributed by atoms with E-state index >= 15 is 0 Å². The van der Waals surface area contributed by atoms with Crippen LogP contribution in [0.25, 0.3) is 11.2 Å². The molecule has 5 nitrogen and oxygen atoms in total. The third kappa shape index (κ3) is 2.88. The molecule has 3 rings (SSSR count). The third-order valence-corrected chi connectivity index (χ3v) is 4.70. The van der Waals surface area contributed by atoms with Crippen LogP contribution in [0.5, 0.6) is 0 Å². The minimum absolute atomic E-state index is 0.548. The largest absolute Gasteiger partial charge is 0.369 e. The lowest BCUT2D eigenvalue weighted by molar-refractivity contribution is 0.291. The predicted octanol–water partition coefficient (Wildman–Crippen LogP) is 1.82. The Morgan fingerprint density at radius 3 is 2.89 bits per heavy atom. The highest BCUT2D eigenvalue weighted by molar-refractivity contribution is 9.10. The lowest BCUT2D eigenvalue weighted by Gasteiger charge is -2.26. The molecule has 1 aliphatic heterocycles. The molecule has 0 spiro atoms. The Balaban J connectivity index is 1.78. The molecule has 0 unspecified atom stereocenters. The van der Waals surface area contributed by atoms with E-state index in [0.29, 0.717) is 5.95 Å². The Labute approximate surface area is 124 Å². The number of hydrogen-bond donors (Lipinski definition) is 1. The molecule has 19 heavy (non-hydrogen) atoms. The summed E-state index contributed by atoms with van der Waals surface area (Å²) in [7, 11) is 0. The molecule has 1 fully saturated rings. The fourth-order valence-electron chi connectivity index (χ4n) is 2.29. The maximum atomic E-state index is 5.99. The molecule has 2 aromatic heterocycles. The lowest BCUT2D eigenvalue weighted by atomic mass is 10.4. The number of pyridine rings is 1. The van der Waals surface area contributed by atoms with Crippen molar-refractivity contribution in [2.45, 2.75) is 6.54 Å². The van der Waals surface area contributed by atoms with Crippen molar-refractivity contribution in [3.05, 3.63) is 16.7 Å². The van der Waals surface area contributed by atoms with Gasteiger partial charge in [0.05, 0.1) is 0 Å². The number of imidazole rings is 1. The maximum Gasteiger partial charge on any atom is 0.202 e. The van der Waals surface area contributed by atoms with Crippen LogP contribution in [0.4, 0.5) is 5.95 Å². The average molecular weight is 342 g/mol. The number of nitrogens with zero attached hydrogens (tertiary/aromatic N) is 4. The minimum Gasteiger partial charge on any atom is -0.369 e. The number of nitrogens with two attached hydrogens (primary N) is 1. The van der Waals surface area contributed by atoms with Gasteiger partial charge in [-0.3, -0.25) is 9.47 Å². The van der Waals surface area contributed by atoms with Gasteiger partial charge in [-0.05, 0) is 22.0 Å². The number of hydrogen-bond acceptors (Lipinski definition) is 5. The summed E-state index contributed by atoms with van der Waals surface area (Å²) in [6, 6.07) is 1.95. The topological polar surface area (TPSA) is 60.0 Å². The van der Waals surface area contributed by atoms with Gasteiger partial charge in [0.2, 0.25) is 5.95 Å². The highest BCUT2D eigenvalue weighted by Crippen LogP contribution is 2.19. The Bertz CT molecular complexity index is 579. The molecule has 0 bridgehead atoms. The number of nitrogen functional groups attached to an aromatic ring is 1. The van der Waals surface area contributed by atoms with Crippen LogP contribution in [-0.2, 0) is 6.54 Å². The van der Waals surface area contributed by atoms with Crippen molar-refractivity contribution in [2.75, 3.05) is 36.9 Å². The first-order valence-corrected chi connectivity index (χ1v) is 8.26. The van der Waals surface area contributed by atoms with Crippen molar-refractivity contribution in [3.63, 3.8) is 0 Å². The first-order valence-electron chi connectivity index (χ1n) is 6.31. The van der Waals surface area contributed by atoms with Crippen LogP contribution >= 0.6 is 27.7 Å². The zero-order valence-electron chi connectivity index (χ0n) is 10.5. The molecule has 2 N–H and O–H groups in total. The van der Waals surface area contributed by atoms with Gasteiger partial charge >= 0.3 is 0 Å². The molecule has 0 atom stereocenters. The number of aromatic nitrogens is 3. The second kappa shape index (κ2) is 5.68. The standard InChI is InChI=1S/C12H16BrN5S/c13-9-7-10-11(15-8-9)18(12(14)16-10)2-1-17-3-5-19-6-4-17/h7-8H,1-6H2,(H2,14,16). The molecular formula is C12H16BrN5S. The fraction of sp³-hybridized carbons (Fsp3) is 0.500. The third-order valence-electron chi connectivity index (χ3n) is 3.32. The van der Waals surface area contributed by atoms with Gasteiger partial charge in [0.25, 0.3) is 0 Å². The summed E-state index contributed by atoms with van der Waals surface area (Å²) in [5, 5.41) is 0. The number of anilines is 1. The van der Waals surface area contributed by atoms with Gasteiger partial charge in [0.1, 0.15) is 5.52 Å². The zero-order chi connectivity index (χ0) is 13.2. The molecule has 0 aromatic carbocycles. The van der Waals surface area contributed by atoms with E-state index in [0.717, 1.165) is 41.8 Å². The molecule has 3 heterocycles. The molecule has 0 aliphatic carbocycles. The molecule has 2 aromatic rings.